The molecule has 0 radical (unpaired) electrons. The predicted octanol–water partition coefficient (Wildman–Crippen LogP) is 6.40. The number of rotatable bonds is 12. The fraction of sp³-hybridized carbons (Fsp3) is 0.778. The van der Waals surface area contributed by atoms with Gasteiger partial charge in [0.2, 0.25) is 0 Å². The van der Waals surface area contributed by atoms with Crippen molar-refractivity contribution in [2.75, 3.05) is 18.9 Å². The lowest BCUT2D eigenvalue weighted by Gasteiger charge is -2.26. The van der Waals surface area contributed by atoms with Gasteiger partial charge < -0.3 is 4.52 Å². The Balaban J connectivity index is 4.62. The molecule has 0 N–H and O–H groups in total. The van der Waals surface area contributed by atoms with E-state index in [-0.39, 0.29) is 8.15 Å². The molecule has 0 aliphatic heterocycles. The van der Waals surface area contributed by atoms with Crippen LogP contribution in [0.4, 0.5) is 0 Å². The van der Waals surface area contributed by atoms with Crippen molar-refractivity contribution in [3.8, 4) is 0 Å². The van der Waals surface area contributed by atoms with E-state index in [1.165, 1.54) is 36.3 Å². The molecule has 0 saturated carbocycles. The Morgan fingerprint density at radius 2 is 1.85 bits per heavy atom. The van der Waals surface area contributed by atoms with E-state index in [4.69, 9.17) is 4.52 Å². The normalized spacial score (nSPS) is 14.3. The second-order valence-corrected chi connectivity index (χ2v) is 8.29. The molecule has 0 aromatic carbocycles. The van der Waals surface area contributed by atoms with Gasteiger partial charge in [0.1, 0.15) is 0 Å². The molecule has 1 nitrogen and oxygen atoms in total. The van der Waals surface area contributed by atoms with Crippen molar-refractivity contribution in [2.45, 2.75) is 60.3 Å². The molecule has 0 aliphatic rings. The molecule has 0 bridgehead atoms. The lowest BCUT2D eigenvalue weighted by atomic mass is 9.90. The first-order valence-electron chi connectivity index (χ1n) is 8.10. The van der Waals surface area contributed by atoms with Crippen molar-refractivity contribution in [3.63, 3.8) is 0 Å². The minimum atomic E-state index is -0.279. The fourth-order valence-electron chi connectivity index (χ4n) is 2.42. The summed E-state index contributed by atoms with van der Waals surface area (Å²) in [5, 5.41) is 0. The van der Waals surface area contributed by atoms with Gasteiger partial charge in [-0.05, 0) is 57.3 Å². The fourth-order valence-corrected chi connectivity index (χ4v) is 4.64. The predicted molar refractivity (Wildman–Crippen MR) is 94.7 cm³/mol. The Morgan fingerprint density at radius 1 is 1.20 bits per heavy atom. The molecule has 2 unspecified atom stereocenters. The van der Waals surface area contributed by atoms with Crippen LogP contribution in [0, 0.1) is 11.8 Å². The van der Waals surface area contributed by atoms with Gasteiger partial charge in [0.25, 0.3) is 0 Å². The molecule has 0 amide bonds. The van der Waals surface area contributed by atoms with E-state index in [2.05, 4.69) is 47.8 Å². The first kappa shape index (κ1) is 19.9. The average Bonchev–Trinajstić information content (AvgIpc) is 2.33. The van der Waals surface area contributed by atoms with Crippen LogP contribution in [0.5, 0.6) is 0 Å². The Kier molecular flexibility index (Phi) is 11.4. The first-order chi connectivity index (χ1) is 9.40. The van der Waals surface area contributed by atoms with Gasteiger partial charge in [0.15, 0.2) is 0 Å². The van der Waals surface area contributed by atoms with Crippen molar-refractivity contribution in [2.24, 2.45) is 11.8 Å². The molecule has 0 fully saturated rings. The summed E-state index contributed by atoms with van der Waals surface area (Å²) in [4.78, 5) is 0. The van der Waals surface area contributed by atoms with Gasteiger partial charge in [-0.15, -0.1) is 6.58 Å². The number of allylic oxidation sites excluding steroid dienone is 2. The summed E-state index contributed by atoms with van der Waals surface area (Å²) in [6.45, 7) is 20.3. The summed E-state index contributed by atoms with van der Waals surface area (Å²) >= 11 is 0. The Morgan fingerprint density at radius 3 is 2.30 bits per heavy atom. The summed E-state index contributed by atoms with van der Waals surface area (Å²) in [5.74, 6) is 1.30. The van der Waals surface area contributed by atoms with Crippen molar-refractivity contribution in [1.82, 2.24) is 0 Å². The molecule has 0 heterocycles. The molecule has 0 aliphatic carbocycles. The van der Waals surface area contributed by atoms with Gasteiger partial charge in [-0.25, -0.2) is 0 Å². The van der Waals surface area contributed by atoms with Gasteiger partial charge >= 0.3 is 0 Å². The maximum absolute atomic E-state index is 5.98. The van der Waals surface area contributed by atoms with E-state index in [0.29, 0.717) is 11.8 Å². The van der Waals surface area contributed by atoms with E-state index < -0.39 is 0 Å². The van der Waals surface area contributed by atoms with E-state index in [9.17, 15) is 0 Å². The third-order valence-electron chi connectivity index (χ3n) is 3.38. The lowest BCUT2D eigenvalue weighted by Crippen LogP contribution is -2.12. The minimum absolute atomic E-state index is 0.279. The van der Waals surface area contributed by atoms with E-state index >= 15 is 0 Å². The van der Waals surface area contributed by atoms with Crippen LogP contribution < -0.4 is 0 Å². The summed E-state index contributed by atoms with van der Waals surface area (Å²) in [5.41, 5.74) is 2.70. The minimum Gasteiger partial charge on any atom is -0.359 e. The molecule has 20 heavy (non-hydrogen) atoms. The zero-order chi connectivity index (χ0) is 15.5. The quantitative estimate of drug-likeness (QED) is 0.299. The first-order valence-corrected chi connectivity index (χ1v) is 9.73. The van der Waals surface area contributed by atoms with E-state index in [1.54, 1.807) is 0 Å². The summed E-state index contributed by atoms with van der Waals surface area (Å²) in [6.07, 6.45) is 7.08. The molecule has 0 aromatic heterocycles. The van der Waals surface area contributed by atoms with Crippen LogP contribution >= 0.6 is 8.15 Å². The van der Waals surface area contributed by atoms with Crippen LogP contribution in [0.1, 0.15) is 60.3 Å². The standard InChI is InChI=1S/C18H35OP/c1-8-12-20(19-9-2)14-18(11-10-15(3)4)17(7)13-16(5)6/h16,18H,3,7-14H2,1-2,4-6H3. The molecular weight excluding hydrogens is 263 g/mol. The second-order valence-electron chi connectivity index (χ2n) is 6.25. The maximum Gasteiger partial charge on any atom is 0.0480 e. The molecule has 0 aromatic rings. The smallest absolute Gasteiger partial charge is 0.0480 e. The van der Waals surface area contributed by atoms with Crippen LogP contribution in [0.2, 0.25) is 0 Å². The number of hydrogen-bond donors (Lipinski definition) is 0. The van der Waals surface area contributed by atoms with Gasteiger partial charge in [0, 0.05) is 14.8 Å². The van der Waals surface area contributed by atoms with Gasteiger partial charge in [-0.3, -0.25) is 0 Å². The monoisotopic (exact) mass is 298 g/mol. The molecule has 0 rings (SSSR count). The second kappa shape index (κ2) is 11.5. The highest BCUT2D eigenvalue weighted by Gasteiger charge is 2.19. The van der Waals surface area contributed by atoms with Crippen LogP contribution in [-0.4, -0.2) is 18.9 Å². The van der Waals surface area contributed by atoms with Gasteiger partial charge in [-0.1, -0.05) is 44.9 Å². The molecule has 2 atom stereocenters. The van der Waals surface area contributed by atoms with Crippen LogP contribution in [0.15, 0.2) is 24.3 Å². The Hall–Kier alpha value is -0.130. The number of hydrogen-bond acceptors (Lipinski definition) is 1. The third-order valence-corrected chi connectivity index (χ3v) is 5.79. The summed E-state index contributed by atoms with van der Waals surface area (Å²) < 4.78 is 5.98. The lowest BCUT2D eigenvalue weighted by molar-refractivity contribution is 0.372. The zero-order valence-electron chi connectivity index (χ0n) is 14.4. The van der Waals surface area contributed by atoms with Crippen LogP contribution in [0.25, 0.3) is 0 Å². The highest BCUT2D eigenvalue weighted by atomic mass is 31.1. The Bertz CT molecular complexity index is 277. The molecule has 0 saturated heterocycles. The van der Waals surface area contributed by atoms with Gasteiger partial charge in [0.05, 0.1) is 0 Å². The zero-order valence-corrected chi connectivity index (χ0v) is 15.3. The van der Waals surface area contributed by atoms with E-state index in [0.717, 1.165) is 19.4 Å². The molecule has 0 spiro atoms. The highest BCUT2D eigenvalue weighted by Crippen LogP contribution is 2.43. The van der Waals surface area contributed by atoms with Crippen molar-refractivity contribution in [3.05, 3.63) is 24.3 Å². The average molecular weight is 298 g/mol. The molecule has 2 heteroatoms. The van der Waals surface area contributed by atoms with Crippen LogP contribution in [-0.2, 0) is 4.52 Å². The topological polar surface area (TPSA) is 9.23 Å². The molecule has 118 valence electrons. The Labute approximate surface area is 128 Å². The summed E-state index contributed by atoms with van der Waals surface area (Å²) in [7, 11) is -0.279. The SMILES string of the molecule is C=C(C)CCC(CP(CCC)OCC)C(=C)CC(C)C. The van der Waals surface area contributed by atoms with Crippen molar-refractivity contribution in [1.29, 1.82) is 0 Å². The maximum atomic E-state index is 5.98. The van der Waals surface area contributed by atoms with Gasteiger partial charge in [-0.2, -0.15) is 0 Å². The van der Waals surface area contributed by atoms with Crippen molar-refractivity contribution < 1.29 is 4.52 Å². The largest absolute Gasteiger partial charge is 0.359 e. The van der Waals surface area contributed by atoms with Crippen LogP contribution in [0.3, 0.4) is 0 Å². The summed E-state index contributed by atoms with van der Waals surface area (Å²) in [6, 6.07) is 0. The van der Waals surface area contributed by atoms with Crippen molar-refractivity contribution >= 4 is 8.15 Å². The molecular formula is C18H35OP. The highest BCUT2D eigenvalue weighted by molar-refractivity contribution is 7.52. The van der Waals surface area contributed by atoms with E-state index in [1.807, 2.05) is 0 Å². The third kappa shape index (κ3) is 9.72.